The van der Waals surface area contributed by atoms with Gasteiger partial charge in [-0.25, -0.2) is 0 Å². The molecular formula is C21H23NO2. The molecule has 0 aliphatic carbocycles. The maximum atomic E-state index is 13.0. The number of hydrogen-bond acceptors (Lipinski definition) is 2. The van der Waals surface area contributed by atoms with Crippen LogP contribution in [0.5, 0.6) is 0 Å². The first kappa shape index (κ1) is 16.4. The topological polar surface area (TPSA) is 37.4 Å². The molecule has 2 aromatic carbocycles. The first-order chi connectivity index (χ1) is 11.3. The van der Waals surface area contributed by atoms with Crippen LogP contribution < -0.4 is 4.90 Å². The van der Waals surface area contributed by atoms with E-state index in [-0.39, 0.29) is 11.3 Å². The Bertz CT molecular complexity index is 815. The predicted molar refractivity (Wildman–Crippen MR) is 97.1 cm³/mol. The van der Waals surface area contributed by atoms with E-state index in [1.165, 1.54) is 5.56 Å². The van der Waals surface area contributed by atoms with E-state index in [4.69, 9.17) is 0 Å². The van der Waals surface area contributed by atoms with Crippen molar-refractivity contribution in [1.29, 1.82) is 0 Å². The molecule has 1 amide bonds. The fourth-order valence-electron chi connectivity index (χ4n) is 3.24. The van der Waals surface area contributed by atoms with E-state index in [1.807, 2.05) is 37.3 Å². The maximum Gasteiger partial charge on any atom is 0.258 e. The third-order valence-corrected chi connectivity index (χ3v) is 4.76. The number of carbonyl (C=O) groups is 2. The first-order valence-corrected chi connectivity index (χ1v) is 8.33. The highest BCUT2D eigenvalue weighted by molar-refractivity contribution is 6.10. The molecule has 3 rings (SSSR count). The molecule has 124 valence electrons. The van der Waals surface area contributed by atoms with Gasteiger partial charge in [0.25, 0.3) is 5.91 Å². The normalized spacial score (nSPS) is 14.5. The minimum absolute atomic E-state index is 0.0228. The average Bonchev–Trinajstić information content (AvgIpc) is 2.54. The minimum atomic E-state index is -0.0228. The molecule has 2 aromatic rings. The minimum Gasteiger partial charge on any atom is -0.307 e. The Balaban J connectivity index is 2.02. The van der Waals surface area contributed by atoms with Crippen molar-refractivity contribution in [3.05, 3.63) is 64.2 Å². The highest BCUT2D eigenvalue weighted by atomic mass is 16.2. The number of nitrogens with zero attached hydrogens (tertiary/aromatic N) is 1. The summed E-state index contributed by atoms with van der Waals surface area (Å²) in [5.74, 6) is -0.0228. The Morgan fingerprint density at radius 2 is 1.88 bits per heavy atom. The second kappa shape index (κ2) is 5.90. The van der Waals surface area contributed by atoms with Gasteiger partial charge in [-0.3, -0.25) is 9.59 Å². The maximum absolute atomic E-state index is 13.0. The number of hydrogen-bond donors (Lipinski definition) is 0. The number of rotatable bonds is 2. The summed E-state index contributed by atoms with van der Waals surface area (Å²) >= 11 is 0. The van der Waals surface area contributed by atoms with Gasteiger partial charge in [0.05, 0.1) is 5.69 Å². The van der Waals surface area contributed by atoms with Gasteiger partial charge < -0.3 is 4.90 Å². The van der Waals surface area contributed by atoms with Crippen LogP contribution in [0.3, 0.4) is 0 Å². The Morgan fingerprint density at radius 1 is 1.12 bits per heavy atom. The molecule has 0 saturated heterocycles. The third kappa shape index (κ3) is 2.75. The van der Waals surface area contributed by atoms with Crippen LogP contribution in [-0.2, 0) is 11.8 Å². The number of aldehydes is 1. The fraction of sp³-hybridized carbons (Fsp3) is 0.333. The summed E-state index contributed by atoms with van der Waals surface area (Å²) in [6, 6.07) is 11.8. The Labute approximate surface area is 143 Å². The molecule has 24 heavy (non-hydrogen) atoms. The van der Waals surface area contributed by atoms with Crippen LogP contribution in [-0.4, -0.2) is 18.7 Å². The molecular weight excluding hydrogens is 298 g/mol. The van der Waals surface area contributed by atoms with Crippen LogP contribution in [0.1, 0.15) is 58.2 Å². The summed E-state index contributed by atoms with van der Waals surface area (Å²) in [7, 11) is 0. The van der Waals surface area contributed by atoms with E-state index in [1.54, 1.807) is 4.90 Å². The van der Waals surface area contributed by atoms with Crippen molar-refractivity contribution in [1.82, 2.24) is 0 Å². The zero-order valence-corrected chi connectivity index (χ0v) is 14.7. The van der Waals surface area contributed by atoms with Gasteiger partial charge in [-0.2, -0.15) is 0 Å². The molecule has 0 radical (unpaired) electrons. The van der Waals surface area contributed by atoms with Gasteiger partial charge in [0.15, 0.2) is 6.29 Å². The van der Waals surface area contributed by atoms with Crippen molar-refractivity contribution in [2.45, 2.75) is 39.5 Å². The van der Waals surface area contributed by atoms with Gasteiger partial charge in [-0.05, 0) is 47.6 Å². The van der Waals surface area contributed by atoms with Crippen LogP contribution in [0, 0.1) is 6.92 Å². The van der Waals surface area contributed by atoms with Crippen molar-refractivity contribution in [3.63, 3.8) is 0 Å². The smallest absolute Gasteiger partial charge is 0.258 e. The second-order valence-electron chi connectivity index (χ2n) is 7.45. The van der Waals surface area contributed by atoms with E-state index >= 15 is 0 Å². The molecule has 0 atom stereocenters. The van der Waals surface area contributed by atoms with Crippen molar-refractivity contribution in [2.75, 3.05) is 11.4 Å². The number of fused-ring (bicyclic) bond motifs is 1. The highest BCUT2D eigenvalue weighted by Gasteiger charge is 2.28. The van der Waals surface area contributed by atoms with E-state index in [9.17, 15) is 9.59 Å². The first-order valence-electron chi connectivity index (χ1n) is 8.33. The summed E-state index contributed by atoms with van der Waals surface area (Å²) in [6.07, 6.45) is 1.65. The molecule has 1 heterocycles. The van der Waals surface area contributed by atoms with E-state index in [2.05, 4.69) is 26.8 Å². The molecule has 0 aromatic heterocycles. The molecule has 0 spiro atoms. The molecule has 0 N–H and O–H groups in total. The zero-order chi connectivity index (χ0) is 17.5. The van der Waals surface area contributed by atoms with Gasteiger partial charge in [-0.15, -0.1) is 0 Å². The van der Waals surface area contributed by atoms with E-state index in [0.717, 1.165) is 29.4 Å². The Kier molecular flexibility index (Phi) is 4.04. The number of aryl methyl sites for hydroxylation is 1. The number of amides is 1. The number of anilines is 1. The number of carbonyl (C=O) groups excluding carboxylic acids is 2. The van der Waals surface area contributed by atoms with E-state index < -0.39 is 0 Å². The standard InChI is InChI=1S/C21H23NO2/c1-14-6-5-7-19(18(14)13-23)22-11-10-15-12-16(21(2,3)4)8-9-17(15)20(22)24/h5-9,12-13H,10-11H2,1-4H3. The van der Waals surface area contributed by atoms with Crippen LogP contribution in [0.4, 0.5) is 5.69 Å². The monoisotopic (exact) mass is 321 g/mol. The summed E-state index contributed by atoms with van der Waals surface area (Å²) in [5.41, 5.74) is 5.35. The lowest BCUT2D eigenvalue weighted by molar-refractivity contribution is 0.0980. The van der Waals surface area contributed by atoms with Crippen molar-refractivity contribution >= 4 is 17.9 Å². The van der Waals surface area contributed by atoms with Gasteiger partial charge in [-0.1, -0.05) is 45.0 Å². The molecule has 1 aliphatic heterocycles. The SMILES string of the molecule is Cc1cccc(N2CCc3cc(C(C)(C)C)ccc3C2=O)c1C=O. The molecule has 0 bridgehead atoms. The van der Waals surface area contributed by atoms with Crippen LogP contribution in [0.2, 0.25) is 0 Å². The second-order valence-corrected chi connectivity index (χ2v) is 7.45. The van der Waals surface area contributed by atoms with Crippen molar-refractivity contribution in [2.24, 2.45) is 0 Å². The van der Waals surface area contributed by atoms with Gasteiger partial charge in [0.2, 0.25) is 0 Å². The van der Waals surface area contributed by atoms with E-state index in [0.29, 0.717) is 17.8 Å². The lowest BCUT2D eigenvalue weighted by Crippen LogP contribution is -2.38. The number of benzene rings is 2. The lowest BCUT2D eigenvalue weighted by Gasteiger charge is -2.31. The summed E-state index contributed by atoms with van der Waals surface area (Å²) in [5, 5.41) is 0. The van der Waals surface area contributed by atoms with Crippen molar-refractivity contribution in [3.8, 4) is 0 Å². The quantitative estimate of drug-likeness (QED) is 0.773. The van der Waals surface area contributed by atoms with Crippen molar-refractivity contribution < 1.29 is 9.59 Å². The highest BCUT2D eigenvalue weighted by Crippen LogP contribution is 2.31. The molecule has 0 saturated carbocycles. The molecule has 0 fully saturated rings. The van der Waals surface area contributed by atoms with Crippen LogP contribution >= 0.6 is 0 Å². The van der Waals surface area contributed by atoms with Gasteiger partial charge in [0.1, 0.15) is 0 Å². The van der Waals surface area contributed by atoms with Gasteiger partial charge in [0, 0.05) is 17.7 Å². The average molecular weight is 321 g/mol. The zero-order valence-electron chi connectivity index (χ0n) is 14.7. The summed E-state index contributed by atoms with van der Waals surface area (Å²) in [6.45, 7) is 9.02. The molecule has 3 nitrogen and oxygen atoms in total. The summed E-state index contributed by atoms with van der Waals surface area (Å²) in [4.78, 5) is 26.2. The fourth-order valence-corrected chi connectivity index (χ4v) is 3.24. The third-order valence-electron chi connectivity index (χ3n) is 4.76. The largest absolute Gasteiger partial charge is 0.307 e. The van der Waals surface area contributed by atoms with Crippen LogP contribution in [0.15, 0.2) is 36.4 Å². The summed E-state index contributed by atoms with van der Waals surface area (Å²) < 4.78 is 0. The molecule has 1 aliphatic rings. The Morgan fingerprint density at radius 3 is 2.54 bits per heavy atom. The van der Waals surface area contributed by atoms with Gasteiger partial charge >= 0.3 is 0 Å². The molecule has 3 heteroatoms. The predicted octanol–water partition coefficient (Wildman–Crippen LogP) is 4.31. The van der Waals surface area contributed by atoms with Crippen LogP contribution in [0.25, 0.3) is 0 Å². The Hall–Kier alpha value is -2.42. The molecule has 0 unspecified atom stereocenters. The lowest BCUT2D eigenvalue weighted by atomic mass is 9.84.